The van der Waals surface area contributed by atoms with E-state index in [-0.39, 0.29) is 16.7 Å². The fourth-order valence-electron chi connectivity index (χ4n) is 6.61. The Morgan fingerprint density at radius 3 is 1.63 bits per heavy atom. The lowest BCUT2D eigenvalue weighted by molar-refractivity contribution is -0.119. The summed E-state index contributed by atoms with van der Waals surface area (Å²) in [7, 11) is -5.10. The van der Waals surface area contributed by atoms with E-state index in [1.54, 1.807) is 18.2 Å². The summed E-state index contributed by atoms with van der Waals surface area (Å²) in [5, 5.41) is 10.2. The van der Waals surface area contributed by atoms with Crippen LogP contribution in [0.5, 0.6) is 0 Å². The monoisotopic (exact) mass is 653 g/mol. The van der Waals surface area contributed by atoms with Crippen LogP contribution >= 0.6 is 7.26 Å². The van der Waals surface area contributed by atoms with Crippen molar-refractivity contribution in [1.29, 1.82) is 0 Å². The third-order valence-corrected chi connectivity index (χ3v) is 14.7. The molecule has 240 valence electrons. The smallest absolute Gasteiger partial charge is 0.256 e. The molecule has 1 aliphatic rings. The molecule has 0 spiro atoms. The third-order valence-electron chi connectivity index (χ3n) is 9.09. The highest BCUT2D eigenvalue weighted by Gasteiger charge is 2.44. The van der Waals surface area contributed by atoms with Crippen LogP contribution in [0.3, 0.4) is 0 Å². The predicted molar refractivity (Wildman–Crippen MR) is 195 cm³/mol. The molecule has 0 bridgehead atoms. The number of carbonyl (C=O) groups excluding carboxylic acids is 1. The first-order chi connectivity index (χ1) is 22.3. The van der Waals surface area contributed by atoms with E-state index in [2.05, 4.69) is 96.1 Å². The summed E-state index contributed by atoms with van der Waals surface area (Å²) < 4.78 is 23.9. The van der Waals surface area contributed by atoms with Gasteiger partial charge in [0.05, 0.1) is 22.7 Å². The number of carbonyl (C=O) groups is 1. The topological polar surface area (TPSA) is 66.8 Å². The van der Waals surface area contributed by atoms with Gasteiger partial charge in [-0.25, -0.2) is 13.4 Å². The fourth-order valence-corrected chi connectivity index (χ4v) is 11.7. The molecule has 0 saturated heterocycles. The summed E-state index contributed by atoms with van der Waals surface area (Å²) in [4.78, 5) is 13.3. The number of rotatable bonds is 16. The van der Waals surface area contributed by atoms with E-state index >= 15 is 0 Å². The SMILES string of the molecule is CC1=NN(c2cccc(S(C)(=O)=O)c2)C(=O)C1CCCCCCCCCC[P+](c1ccccc1)(c1ccccc1)c1ccccc1. The summed E-state index contributed by atoms with van der Waals surface area (Å²) in [5.74, 6) is -0.298. The van der Waals surface area contributed by atoms with Gasteiger partial charge < -0.3 is 0 Å². The van der Waals surface area contributed by atoms with E-state index in [0.717, 1.165) is 25.0 Å². The Balaban J connectivity index is 1.07. The van der Waals surface area contributed by atoms with Crippen molar-refractivity contribution in [3.8, 4) is 0 Å². The van der Waals surface area contributed by atoms with Gasteiger partial charge in [0.2, 0.25) is 0 Å². The second-order valence-electron chi connectivity index (χ2n) is 12.4. The Labute approximate surface area is 276 Å². The van der Waals surface area contributed by atoms with Crippen LogP contribution in [0.4, 0.5) is 5.69 Å². The zero-order valence-electron chi connectivity index (χ0n) is 27.1. The van der Waals surface area contributed by atoms with Gasteiger partial charge in [0.15, 0.2) is 9.84 Å². The molecule has 5 rings (SSSR count). The van der Waals surface area contributed by atoms with Crippen molar-refractivity contribution in [2.75, 3.05) is 17.4 Å². The molecule has 0 N–H and O–H groups in total. The first-order valence-corrected chi connectivity index (χ1v) is 20.4. The number of hydrogen-bond acceptors (Lipinski definition) is 4. The highest BCUT2D eigenvalue weighted by atomic mass is 32.2. The highest BCUT2D eigenvalue weighted by molar-refractivity contribution is 7.95. The molecule has 46 heavy (non-hydrogen) atoms. The van der Waals surface area contributed by atoms with Crippen LogP contribution in [0.25, 0.3) is 0 Å². The molecule has 7 heteroatoms. The van der Waals surface area contributed by atoms with Gasteiger partial charge in [-0.05, 0) is 80.8 Å². The van der Waals surface area contributed by atoms with Crippen molar-refractivity contribution in [1.82, 2.24) is 0 Å². The van der Waals surface area contributed by atoms with E-state index in [9.17, 15) is 13.2 Å². The second kappa shape index (κ2) is 15.8. The van der Waals surface area contributed by atoms with Gasteiger partial charge in [0, 0.05) is 12.0 Å². The van der Waals surface area contributed by atoms with Crippen LogP contribution in [0, 0.1) is 5.92 Å². The second-order valence-corrected chi connectivity index (χ2v) is 18.0. The van der Waals surface area contributed by atoms with E-state index in [0.29, 0.717) is 5.69 Å². The summed E-state index contributed by atoms with van der Waals surface area (Å²) in [6.45, 7) is 1.90. The quantitative estimate of drug-likeness (QED) is 0.0911. The lowest BCUT2D eigenvalue weighted by atomic mass is 9.96. The number of sulfone groups is 1. The Bertz CT molecular complexity index is 1610. The molecular weight excluding hydrogens is 607 g/mol. The average molecular weight is 654 g/mol. The van der Waals surface area contributed by atoms with Crippen molar-refractivity contribution in [2.24, 2.45) is 11.0 Å². The fraction of sp³-hybridized carbons (Fsp3) is 0.333. The van der Waals surface area contributed by atoms with Crippen molar-refractivity contribution in [2.45, 2.75) is 69.6 Å². The van der Waals surface area contributed by atoms with Crippen LogP contribution in [-0.2, 0) is 14.6 Å². The zero-order chi connectivity index (χ0) is 32.4. The van der Waals surface area contributed by atoms with E-state index in [1.165, 1.54) is 77.9 Å². The van der Waals surface area contributed by atoms with Crippen LogP contribution < -0.4 is 20.9 Å². The third kappa shape index (κ3) is 8.03. The van der Waals surface area contributed by atoms with Crippen molar-refractivity contribution in [3.05, 3.63) is 115 Å². The molecule has 1 atom stereocenters. The lowest BCUT2D eigenvalue weighted by Gasteiger charge is -2.27. The van der Waals surface area contributed by atoms with E-state index in [1.807, 2.05) is 6.92 Å². The van der Waals surface area contributed by atoms with Crippen LogP contribution in [0.15, 0.2) is 125 Å². The molecule has 0 saturated carbocycles. The van der Waals surface area contributed by atoms with Gasteiger partial charge in [-0.3, -0.25) is 4.79 Å². The maximum atomic E-state index is 13.2. The van der Waals surface area contributed by atoms with Gasteiger partial charge in [0.25, 0.3) is 5.91 Å². The minimum atomic E-state index is -3.36. The van der Waals surface area contributed by atoms with Gasteiger partial charge >= 0.3 is 0 Å². The van der Waals surface area contributed by atoms with Crippen LogP contribution in [0.1, 0.15) is 64.7 Å². The number of hydrogen-bond donors (Lipinski definition) is 0. The first-order valence-electron chi connectivity index (χ1n) is 16.5. The molecule has 0 radical (unpaired) electrons. The molecule has 4 aromatic carbocycles. The molecule has 1 amide bonds. The number of nitrogens with zero attached hydrogens (tertiary/aromatic N) is 2. The molecule has 1 aliphatic heterocycles. The zero-order valence-corrected chi connectivity index (χ0v) is 28.8. The molecule has 1 heterocycles. The summed E-state index contributed by atoms with van der Waals surface area (Å²) in [6, 6.07) is 39.9. The Morgan fingerprint density at radius 1 is 0.652 bits per heavy atom. The number of unbranched alkanes of at least 4 members (excludes halogenated alkanes) is 7. The molecular formula is C39H46N2O3PS+. The first kappa shape index (κ1) is 33.8. The van der Waals surface area contributed by atoms with Crippen molar-refractivity contribution in [3.63, 3.8) is 0 Å². The minimum absolute atomic E-state index is 0.0661. The van der Waals surface area contributed by atoms with Crippen molar-refractivity contribution < 1.29 is 13.2 Å². The Hall–Kier alpha value is -3.60. The highest BCUT2D eigenvalue weighted by Crippen LogP contribution is 2.56. The number of amides is 1. The minimum Gasteiger partial charge on any atom is -0.272 e. The normalized spacial score (nSPS) is 15.3. The number of hydrazone groups is 1. The standard InChI is InChI=1S/C39H46N2O3PS/c1-32-38(39(42)41(40-32)33-21-20-28-37(31-33)46(2,43)44)29-18-7-5-3-4-6-8-19-30-45(34-22-12-9-13-23-34,35-24-14-10-15-25-35)36-26-16-11-17-27-36/h9-17,20-28,31,38H,3-8,18-19,29-30H2,1-2H3/q+1. The maximum Gasteiger partial charge on any atom is 0.256 e. The van der Waals surface area contributed by atoms with E-state index in [4.69, 9.17) is 0 Å². The van der Waals surface area contributed by atoms with Crippen LogP contribution in [0.2, 0.25) is 0 Å². The van der Waals surface area contributed by atoms with E-state index < -0.39 is 17.1 Å². The summed E-state index contributed by atoms with van der Waals surface area (Å²) in [5.41, 5.74) is 1.31. The number of benzene rings is 4. The molecule has 0 fully saturated rings. The average Bonchev–Trinajstić information content (AvgIpc) is 3.37. The van der Waals surface area contributed by atoms with Gasteiger partial charge in [-0.2, -0.15) is 5.10 Å². The van der Waals surface area contributed by atoms with Crippen molar-refractivity contribution >= 4 is 50.3 Å². The Morgan fingerprint density at radius 2 is 1.13 bits per heavy atom. The molecule has 0 aromatic heterocycles. The largest absolute Gasteiger partial charge is 0.272 e. The lowest BCUT2D eigenvalue weighted by Crippen LogP contribution is -2.33. The molecule has 5 nitrogen and oxygen atoms in total. The molecule has 4 aromatic rings. The molecule has 1 unspecified atom stereocenters. The predicted octanol–water partition coefficient (Wildman–Crippen LogP) is 7.93. The van der Waals surface area contributed by atoms with Gasteiger partial charge in [-0.1, -0.05) is 99.2 Å². The Kier molecular flexibility index (Phi) is 11.6. The maximum absolute atomic E-state index is 13.2. The summed E-state index contributed by atoms with van der Waals surface area (Å²) in [6.07, 6.45) is 12.5. The molecule has 0 aliphatic carbocycles. The summed E-state index contributed by atoms with van der Waals surface area (Å²) >= 11 is 0. The van der Waals surface area contributed by atoms with Crippen LogP contribution in [-0.4, -0.2) is 32.5 Å². The number of anilines is 1. The van der Waals surface area contributed by atoms with Gasteiger partial charge in [0.1, 0.15) is 23.2 Å². The van der Waals surface area contributed by atoms with Gasteiger partial charge in [-0.15, -0.1) is 0 Å².